The minimum absolute atomic E-state index is 0.0985. The Kier molecular flexibility index (Phi) is 5.98. The van der Waals surface area contributed by atoms with Gasteiger partial charge in [-0.25, -0.2) is 0 Å². The zero-order valence-electron chi connectivity index (χ0n) is 11.5. The molecule has 0 fully saturated rings. The van der Waals surface area contributed by atoms with Crippen LogP contribution in [0.15, 0.2) is 53.0 Å². The zero-order chi connectivity index (χ0) is 15.9. The Hall–Kier alpha value is -1.85. The van der Waals surface area contributed by atoms with E-state index in [-0.39, 0.29) is 18.9 Å². The predicted molar refractivity (Wildman–Crippen MR) is 88.9 cm³/mol. The van der Waals surface area contributed by atoms with E-state index in [9.17, 15) is 9.59 Å². The Bertz CT molecular complexity index is 673. The molecule has 0 radical (unpaired) electrons. The minimum atomic E-state index is -0.466. The summed E-state index contributed by atoms with van der Waals surface area (Å²) in [5, 5.41) is 3.25. The first-order chi connectivity index (χ1) is 10.5. The van der Waals surface area contributed by atoms with Crippen molar-refractivity contribution in [3.63, 3.8) is 0 Å². The van der Waals surface area contributed by atoms with Crippen molar-refractivity contribution >= 4 is 45.1 Å². The van der Waals surface area contributed by atoms with E-state index < -0.39 is 5.97 Å². The fraction of sp³-hybridized carbons (Fsp3) is 0.125. The van der Waals surface area contributed by atoms with Crippen LogP contribution in [0.4, 0.5) is 5.69 Å². The number of hydrogen-bond donors (Lipinski definition) is 1. The topological polar surface area (TPSA) is 55.4 Å². The molecule has 0 aliphatic rings. The minimum Gasteiger partial charge on any atom is -0.455 e. The molecular weight excluding hydrogens is 370 g/mol. The predicted octanol–water partition coefficient (Wildman–Crippen LogP) is 3.83. The van der Waals surface area contributed by atoms with Gasteiger partial charge >= 0.3 is 5.97 Å². The highest BCUT2D eigenvalue weighted by atomic mass is 79.9. The number of ether oxygens (including phenoxy) is 1. The van der Waals surface area contributed by atoms with Crippen molar-refractivity contribution in [3.05, 3.63) is 63.6 Å². The fourth-order valence-corrected chi connectivity index (χ4v) is 2.25. The molecule has 0 heterocycles. The van der Waals surface area contributed by atoms with Gasteiger partial charge in [0.15, 0.2) is 6.61 Å². The lowest BCUT2D eigenvalue weighted by Gasteiger charge is -2.07. The number of benzene rings is 2. The van der Waals surface area contributed by atoms with E-state index in [1.165, 1.54) is 0 Å². The van der Waals surface area contributed by atoms with Crippen LogP contribution in [0.1, 0.15) is 5.56 Å². The Morgan fingerprint density at radius 1 is 1.14 bits per heavy atom. The summed E-state index contributed by atoms with van der Waals surface area (Å²) in [6, 6.07) is 14.0. The average molecular weight is 383 g/mol. The Morgan fingerprint density at radius 3 is 2.55 bits per heavy atom. The second-order valence-electron chi connectivity index (χ2n) is 4.52. The lowest BCUT2D eigenvalue weighted by molar-refractivity contribution is -0.146. The quantitative estimate of drug-likeness (QED) is 0.800. The van der Waals surface area contributed by atoms with Crippen LogP contribution in [0.25, 0.3) is 0 Å². The van der Waals surface area contributed by atoms with Gasteiger partial charge in [-0.3, -0.25) is 9.59 Å². The number of halogens is 2. The van der Waals surface area contributed by atoms with Gasteiger partial charge in [-0.2, -0.15) is 0 Å². The first-order valence-electron chi connectivity index (χ1n) is 6.48. The molecule has 0 aromatic heterocycles. The number of nitrogens with one attached hydrogen (secondary N) is 1. The van der Waals surface area contributed by atoms with Crippen molar-refractivity contribution in [1.82, 2.24) is 0 Å². The number of hydrogen-bond acceptors (Lipinski definition) is 3. The highest BCUT2D eigenvalue weighted by molar-refractivity contribution is 9.10. The maximum atomic E-state index is 11.7. The molecule has 1 N–H and O–H groups in total. The summed E-state index contributed by atoms with van der Waals surface area (Å²) < 4.78 is 5.80. The largest absolute Gasteiger partial charge is 0.455 e. The first-order valence-corrected chi connectivity index (χ1v) is 7.65. The molecule has 0 spiro atoms. The molecule has 0 unspecified atom stereocenters. The van der Waals surface area contributed by atoms with Gasteiger partial charge in [-0.1, -0.05) is 45.7 Å². The van der Waals surface area contributed by atoms with Gasteiger partial charge in [0.05, 0.1) is 6.42 Å². The number of amides is 1. The molecule has 2 rings (SSSR count). The molecule has 6 heteroatoms. The van der Waals surface area contributed by atoms with Crippen molar-refractivity contribution < 1.29 is 14.3 Å². The van der Waals surface area contributed by atoms with E-state index in [1.54, 1.807) is 42.5 Å². The molecule has 0 atom stereocenters. The molecule has 4 nitrogen and oxygen atoms in total. The van der Waals surface area contributed by atoms with Crippen molar-refractivity contribution in [2.75, 3.05) is 11.9 Å². The summed E-state index contributed by atoms with van der Waals surface area (Å²) >= 11 is 9.08. The van der Waals surface area contributed by atoms with E-state index in [0.29, 0.717) is 10.7 Å². The van der Waals surface area contributed by atoms with Gasteiger partial charge < -0.3 is 10.1 Å². The Morgan fingerprint density at radius 2 is 1.86 bits per heavy atom. The molecule has 114 valence electrons. The Labute approximate surface area is 141 Å². The monoisotopic (exact) mass is 381 g/mol. The van der Waals surface area contributed by atoms with Crippen LogP contribution in [-0.4, -0.2) is 18.5 Å². The molecule has 0 saturated heterocycles. The standard InChI is InChI=1S/C16H13BrClNO3/c17-12-2-1-3-14(9-12)19-15(20)10-22-16(21)8-11-4-6-13(18)7-5-11/h1-7,9H,8,10H2,(H,19,20). The zero-order valence-corrected chi connectivity index (χ0v) is 13.9. The van der Waals surface area contributed by atoms with Crippen LogP contribution in [0.3, 0.4) is 0 Å². The van der Waals surface area contributed by atoms with E-state index in [2.05, 4.69) is 21.2 Å². The molecular formula is C16H13BrClNO3. The van der Waals surface area contributed by atoms with Gasteiger partial charge in [0.25, 0.3) is 5.91 Å². The third-order valence-corrected chi connectivity index (χ3v) is 3.48. The van der Waals surface area contributed by atoms with Crippen LogP contribution >= 0.6 is 27.5 Å². The number of rotatable bonds is 5. The second kappa shape index (κ2) is 7.96. The van der Waals surface area contributed by atoms with E-state index in [4.69, 9.17) is 16.3 Å². The normalized spacial score (nSPS) is 10.1. The van der Waals surface area contributed by atoms with E-state index >= 15 is 0 Å². The molecule has 0 bridgehead atoms. The van der Waals surface area contributed by atoms with Gasteiger partial charge in [0, 0.05) is 15.2 Å². The molecule has 1 amide bonds. The van der Waals surface area contributed by atoms with Gasteiger partial charge in [0.1, 0.15) is 0 Å². The van der Waals surface area contributed by atoms with Crippen LogP contribution in [0.2, 0.25) is 5.02 Å². The fourth-order valence-electron chi connectivity index (χ4n) is 1.73. The molecule has 0 aliphatic heterocycles. The molecule has 2 aromatic carbocycles. The maximum absolute atomic E-state index is 11.7. The van der Waals surface area contributed by atoms with E-state index in [1.807, 2.05) is 6.07 Å². The SMILES string of the molecule is O=C(COC(=O)Cc1ccc(Cl)cc1)Nc1cccc(Br)c1. The lowest BCUT2D eigenvalue weighted by Crippen LogP contribution is -2.21. The van der Waals surface area contributed by atoms with Crippen molar-refractivity contribution in [1.29, 1.82) is 0 Å². The number of carbonyl (C=O) groups is 2. The molecule has 2 aromatic rings. The van der Waals surface area contributed by atoms with Crippen molar-refractivity contribution in [3.8, 4) is 0 Å². The third kappa shape index (κ3) is 5.50. The Balaban J connectivity index is 1.78. The highest BCUT2D eigenvalue weighted by Crippen LogP contribution is 2.15. The number of esters is 1. The average Bonchev–Trinajstić information content (AvgIpc) is 2.48. The van der Waals surface area contributed by atoms with E-state index in [0.717, 1.165) is 10.0 Å². The van der Waals surface area contributed by atoms with Crippen molar-refractivity contribution in [2.24, 2.45) is 0 Å². The molecule has 0 saturated carbocycles. The number of anilines is 1. The maximum Gasteiger partial charge on any atom is 0.310 e. The van der Waals surface area contributed by atoms with Gasteiger partial charge in [0.2, 0.25) is 0 Å². The third-order valence-electron chi connectivity index (χ3n) is 2.73. The first kappa shape index (κ1) is 16.5. The summed E-state index contributed by atoms with van der Waals surface area (Å²) in [5.41, 5.74) is 1.41. The summed E-state index contributed by atoms with van der Waals surface area (Å²) in [6.45, 7) is -0.320. The lowest BCUT2D eigenvalue weighted by atomic mass is 10.1. The summed E-state index contributed by atoms with van der Waals surface area (Å²) in [6.07, 6.45) is 0.0985. The van der Waals surface area contributed by atoms with Crippen LogP contribution in [0, 0.1) is 0 Å². The number of carbonyl (C=O) groups excluding carboxylic acids is 2. The van der Waals surface area contributed by atoms with Crippen LogP contribution in [0.5, 0.6) is 0 Å². The molecule has 0 aliphatic carbocycles. The van der Waals surface area contributed by atoms with Crippen molar-refractivity contribution in [2.45, 2.75) is 6.42 Å². The summed E-state index contributed by atoms with van der Waals surface area (Å²) in [5.74, 6) is -0.853. The molecule has 22 heavy (non-hydrogen) atoms. The summed E-state index contributed by atoms with van der Waals surface area (Å²) in [4.78, 5) is 23.4. The second-order valence-corrected chi connectivity index (χ2v) is 5.87. The summed E-state index contributed by atoms with van der Waals surface area (Å²) in [7, 11) is 0. The smallest absolute Gasteiger partial charge is 0.310 e. The van der Waals surface area contributed by atoms with Gasteiger partial charge in [-0.05, 0) is 35.9 Å². The van der Waals surface area contributed by atoms with Crippen LogP contribution < -0.4 is 5.32 Å². The van der Waals surface area contributed by atoms with Gasteiger partial charge in [-0.15, -0.1) is 0 Å². The highest BCUT2D eigenvalue weighted by Gasteiger charge is 2.09. The van der Waals surface area contributed by atoms with Crippen LogP contribution in [-0.2, 0) is 20.7 Å².